The number of likely N-dealkylation sites (tertiary alicyclic amines) is 3. The minimum atomic E-state index is -0.829. The van der Waals surface area contributed by atoms with Crippen molar-refractivity contribution < 1.29 is 55.7 Å². The van der Waals surface area contributed by atoms with E-state index < -0.39 is 41.0 Å². The number of amides is 5. The monoisotopic (exact) mass is 1440 g/mol. The molecule has 3 aliphatic carbocycles. The number of benzene rings is 6. The molecule has 6 fully saturated rings. The van der Waals surface area contributed by atoms with Gasteiger partial charge >= 0.3 is 0 Å². The van der Waals surface area contributed by atoms with Crippen molar-refractivity contribution in [2.45, 2.75) is 126 Å². The van der Waals surface area contributed by atoms with Gasteiger partial charge in [-0.2, -0.15) is 20.6 Å². The summed E-state index contributed by atoms with van der Waals surface area (Å²) >= 11 is 0. The van der Waals surface area contributed by atoms with Gasteiger partial charge in [-0.15, -0.1) is 0 Å². The van der Waals surface area contributed by atoms with Gasteiger partial charge < -0.3 is 63.3 Å². The number of carbonyl (C=O) groups is 5. The number of halogens is 4. The molecule has 15 rings (SSSR count). The second-order valence-electron chi connectivity index (χ2n) is 27.1. The van der Waals surface area contributed by atoms with Crippen LogP contribution < -0.4 is 48.6 Å². The number of primary amides is 3. The van der Waals surface area contributed by atoms with Crippen LogP contribution in [0.5, 0.6) is 34.5 Å². The summed E-state index contributed by atoms with van der Waals surface area (Å²) in [6.45, 7) is 4.55. The number of hydrogen-bond donors (Lipinski definition) is 6. The van der Waals surface area contributed by atoms with Gasteiger partial charge in [-0.1, -0.05) is 30.0 Å². The zero-order chi connectivity index (χ0) is 74.9. The SMILES string of the molecule is CC#CC(=O)N1C[C@@H](n2nc(-c3ccc(Oc4ccc(F)cc4F)cc3)c(C(N)=O)c2N)CCC12CC2.CC#CC(=O)N1C[C@H](n2nc(-c3ccc(Oc4ccc(F)cc4F)cc3)c(C(N)=O)c2N)CCC12CC2.N#CN1CC(n2nc(-c3ccc(Oc4ccccc4)cc3)c(C(N)=O)c2N)CCC12CC2. The number of ether oxygens (including phenoxy) is 3. The first-order valence-corrected chi connectivity index (χ1v) is 34.4. The highest BCUT2D eigenvalue weighted by Gasteiger charge is 2.55. The van der Waals surface area contributed by atoms with E-state index in [-0.39, 0.29) is 92.2 Å². The smallest absolute Gasteiger partial charge is 0.298 e. The molecule has 0 radical (unpaired) electrons. The van der Waals surface area contributed by atoms with E-state index in [1.54, 1.807) is 76.4 Å². The fourth-order valence-electron chi connectivity index (χ4n) is 14.4. The van der Waals surface area contributed by atoms with Gasteiger partial charge in [0.15, 0.2) is 29.3 Å². The number of hydrogen-bond acceptors (Lipinski definition) is 16. The van der Waals surface area contributed by atoms with Crippen molar-refractivity contribution in [3.8, 4) is 98.1 Å². The summed E-state index contributed by atoms with van der Waals surface area (Å²) in [4.78, 5) is 67.8. The standard InChI is InChI=1S/2C27H25F2N5O3.C24H24N6O2/c2*1-2-3-22(35)33-15-18(10-11-27(33)12-13-27)34-25(30)23(26(31)36)24(32-34)16-4-7-19(8-5-16)37-21-9-6-17(28)14-20(21)29;25-15-29-14-17(10-11-24(29)12-13-24)30-22(26)20(23(27)31)21(28-30)16-6-8-19(9-7-16)32-18-4-2-1-3-5-18/h2*4-9,14,18H,10-13,15,30H2,1H3,(H2,31,36);1-9,17H,10-14,26H2,(H2,27,31)/t2*18-;/m10./s1. The molecule has 0 bridgehead atoms. The number of rotatable bonds is 15. The summed E-state index contributed by atoms with van der Waals surface area (Å²) in [5, 5.41) is 23.6. The molecular formula is C78H74F4N16O8. The molecule has 9 aromatic rings. The molecule has 1 unspecified atom stereocenters. The summed E-state index contributed by atoms with van der Waals surface area (Å²) in [6.07, 6.45) is 13.0. The van der Waals surface area contributed by atoms with Crippen molar-refractivity contribution in [2.24, 2.45) is 17.2 Å². The van der Waals surface area contributed by atoms with Gasteiger partial charge in [0.05, 0.1) is 30.2 Å². The lowest BCUT2D eigenvalue weighted by Gasteiger charge is -2.39. The summed E-state index contributed by atoms with van der Waals surface area (Å²) in [7, 11) is 0. The summed E-state index contributed by atoms with van der Waals surface area (Å²) in [6, 6.07) is 35.1. The fraction of sp³-hybridized carbons (Fsp3) is 0.295. The predicted octanol–water partition coefficient (Wildman–Crippen LogP) is 11.7. The lowest BCUT2D eigenvalue weighted by atomic mass is 9.96. The Morgan fingerprint density at radius 2 is 0.774 bits per heavy atom. The van der Waals surface area contributed by atoms with Gasteiger partial charge in [0.1, 0.15) is 85.9 Å². The van der Waals surface area contributed by atoms with Crippen molar-refractivity contribution in [1.82, 2.24) is 44.0 Å². The molecule has 106 heavy (non-hydrogen) atoms. The minimum Gasteiger partial charge on any atom is -0.457 e. The van der Waals surface area contributed by atoms with E-state index in [2.05, 4.69) is 45.2 Å². The van der Waals surface area contributed by atoms with E-state index in [0.29, 0.717) is 65.1 Å². The van der Waals surface area contributed by atoms with Crippen LogP contribution in [-0.4, -0.2) is 110 Å². The molecule has 6 aliphatic rings. The topological polar surface area (TPSA) is 356 Å². The second kappa shape index (κ2) is 29.2. The van der Waals surface area contributed by atoms with Crippen molar-refractivity contribution in [1.29, 1.82) is 5.26 Å². The molecule has 3 saturated carbocycles. The Balaban J connectivity index is 0.000000141. The van der Waals surface area contributed by atoms with Crippen LogP contribution in [0.15, 0.2) is 140 Å². The number of piperidine rings is 3. The van der Waals surface area contributed by atoms with Crippen LogP contribution in [0.25, 0.3) is 33.8 Å². The van der Waals surface area contributed by atoms with Crippen molar-refractivity contribution >= 4 is 47.0 Å². The third-order valence-electron chi connectivity index (χ3n) is 20.5. The fourth-order valence-corrected chi connectivity index (χ4v) is 14.4. The number of para-hydroxylation sites is 1. The maximum Gasteiger partial charge on any atom is 0.298 e. The average molecular weight is 1440 g/mol. The number of carbonyl (C=O) groups excluding carboxylic acids is 5. The van der Waals surface area contributed by atoms with Gasteiger partial charge in [-0.05, 0) is 212 Å². The van der Waals surface area contributed by atoms with Crippen molar-refractivity contribution in [3.05, 3.63) is 179 Å². The maximum atomic E-state index is 13.9. The molecule has 24 nitrogen and oxygen atoms in total. The first-order valence-electron chi connectivity index (χ1n) is 34.4. The highest BCUT2D eigenvalue weighted by Crippen LogP contribution is 2.53. The molecule has 3 atom stereocenters. The van der Waals surface area contributed by atoms with Crippen LogP contribution in [0.2, 0.25) is 0 Å². The quantitative estimate of drug-likeness (QED) is 0.0315. The normalized spacial score (nSPS) is 18.0. The Bertz CT molecular complexity index is 4880. The Morgan fingerprint density at radius 3 is 1.09 bits per heavy atom. The number of nitrogen functional groups attached to an aromatic ring is 3. The van der Waals surface area contributed by atoms with Gasteiger partial charge in [0.2, 0.25) is 0 Å². The summed E-state index contributed by atoms with van der Waals surface area (Å²) in [5.41, 5.74) is 39.0. The van der Waals surface area contributed by atoms with Crippen LogP contribution in [0.4, 0.5) is 35.0 Å². The number of nitriles is 1. The van der Waals surface area contributed by atoms with Crippen molar-refractivity contribution in [2.75, 3.05) is 36.8 Å². The molecule has 3 aliphatic heterocycles. The number of aromatic nitrogens is 6. The minimum absolute atomic E-state index is 0.0249. The number of anilines is 3. The largest absolute Gasteiger partial charge is 0.457 e. The van der Waals surface area contributed by atoms with Crippen LogP contribution in [0.1, 0.15) is 140 Å². The van der Waals surface area contributed by atoms with E-state index in [4.69, 9.17) is 48.6 Å². The average Bonchev–Trinajstić information content (AvgIpc) is 1.60. The third kappa shape index (κ3) is 14.5. The maximum absolute atomic E-state index is 13.9. The van der Waals surface area contributed by atoms with Gasteiger partial charge in [-0.3, -0.25) is 24.0 Å². The molecule has 3 spiro atoms. The van der Waals surface area contributed by atoms with E-state index in [0.717, 1.165) is 113 Å². The second-order valence-corrected chi connectivity index (χ2v) is 27.1. The highest BCUT2D eigenvalue weighted by molar-refractivity contribution is 6.05. The molecule has 6 aromatic carbocycles. The van der Waals surface area contributed by atoms with Crippen LogP contribution in [0, 0.1) is 58.4 Å². The highest BCUT2D eigenvalue weighted by atomic mass is 19.1. The number of nitrogens with zero attached hydrogens (tertiary/aromatic N) is 10. The molecule has 28 heteroatoms. The van der Waals surface area contributed by atoms with Crippen molar-refractivity contribution in [3.63, 3.8) is 0 Å². The van der Waals surface area contributed by atoms with Crippen LogP contribution >= 0.6 is 0 Å². The number of nitrogens with two attached hydrogens (primary N) is 6. The van der Waals surface area contributed by atoms with Gasteiger partial charge in [0, 0.05) is 53.0 Å². The Labute approximate surface area is 606 Å². The zero-order valence-corrected chi connectivity index (χ0v) is 57.8. The molecule has 5 amide bonds. The Morgan fingerprint density at radius 1 is 0.443 bits per heavy atom. The lowest BCUT2D eigenvalue weighted by molar-refractivity contribution is -0.131. The van der Waals surface area contributed by atoms with Crippen LogP contribution in [-0.2, 0) is 9.59 Å². The van der Waals surface area contributed by atoms with E-state index in [9.17, 15) is 46.8 Å². The first kappa shape index (κ1) is 71.6. The lowest BCUT2D eigenvalue weighted by Crippen LogP contribution is -2.49. The summed E-state index contributed by atoms with van der Waals surface area (Å²) in [5.74, 6) is 7.27. The van der Waals surface area contributed by atoms with Gasteiger partial charge in [0.25, 0.3) is 29.5 Å². The predicted molar refractivity (Wildman–Crippen MR) is 385 cm³/mol. The zero-order valence-electron chi connectivity index (χ0n) is 57.8. The molecule has 12 N–H and O–H groups in total. The van der Waals surface area contributed by atoms with E-state index in [1.807, 2.05) is 69.3 Å². The molecular weight excluding hydrogens is 1360 g/mol. The van der Waals surface area contributed by atoms with Crippen LogP contribution in [0.3, 0.4) is 0 Å². The Kier molecular flexibility index (Phi) is 19.7. The first-order chi connectivity index (χ1) is 50.9. The van der Waals surface area contributed by atoms with E-state index >= 15 is 0 Å². The Hall–Kier alpha value is -12.8. The van der Waals surface area contributed by atoms with Gasteiger partial charge in [-0.25, -0.2) is 31.6 Å². The molecule has 542 valence electrons. The molecule has 3 aromatic heterocycles. The van der Waals surface area contributed by atoms with E-state index in [1.165, 1.54) is 12.1 Å². The molecule has 6 heterocycles. The molecule has 3 saturated heterocycles. The third-order valence-corrected chi connectivity index (χ3v) is 20.5. The summed E-state index contributed by atoms with van der Waals surface area (Å²) < 4.78 is 75.9.